The largest absolute Gasteiger partial charge is 0.353 e. The molecule has 2 N–H and O–H groups in total. The first-order chi connectivity index (χ1) is 8.90. The lowest BCUT2D eigenvalue weighted by Gasteiger charge is -2.10. The molecule has 0 aliphatic heterocycles. The SMILES string of the molecule is Cc1cc(C(=O)NCC(=O)NCCN(C)C)n(C)n1. The maximum atomic E-state index is 11.8. The minimum absolute atomic E-state index is 0.0313. The van der Waals surface area contributed by atoms with Crippen molar-refractivity contribution in [1.29, 1.82) is 0 Å². The van der Waals surface area contributed by atoms with Gasteiger partial charge in [-0.25, -0.2) is 0 Å². The molecule has 0 bridgehead atoms. The second-order valence-corrected chi connectivity index (χ2v) is 4.63. The van der Waals surface area contributed by atoms with Crippen LogP contribution in [0.4, 0.5) is 0 Å². The Labute approximate surface area is 113 Å². The molecule has 0 aromatic carbocycles. The Morgan fingerprint density at radius 3 is 2.58 bits per heavy atom. The number of carbonyl (C=O) groups is 2. The van der Waals surface area contributed by atoms with Crippen LogP contribution in [-0.2, 0) is 11.8 Å². The number of carbonyl (C=O) groups excluding carboxylic acids is 2. The first-order valence-corrected chi connectivity index (χ1v) is 6.10. The Hall–Kier alpha value is -1.89. The van der Waals surface area contributed by atoms with E-state index < -0.39 is 0 Å². The van der Waals surface area contributed by atoms with Crippen molar-refractivity contribution in [3.8, 4) is 0 Å². The molecule has 1 heterocycles. The molecule has 0 atom stereocenters. The Bertz CT molecular complexity index is 453. The summed E-state index contributed by atoms with van der Waals surface area (Å²) in [6.07, 6.45) is 0. The Morgan fingerprint density at radius 1 is 1.37 bits per heavy atom. The van der Waals surface area contributed by atoms with E-state index in [0.29, 0.717) is 12.2 Å². The molecule has 0 aliphatic rings. The lowest BCUT2D eigenvalue weighted by Crippen LogP contribution is -2.39. The van der Waals surface area contributed by atoms with Gasteiger partial charge in [0, 0.05) is 20.1 Å². The lowest BCUT2D eigenvalue weighted by atomic mass is 10.3. The summed E-state index contributed by atoms with van der Waals surface area (Å²) < 4.78 is 1.49. The van der Waals surface area contributed by atoms with E-state index in [-0.39, 0.29) is 18.4 Å². The molecule has 2 amide bonds. The van der Waals surface area contributed by atoms with Gasteiger partial charge < -0.3 is 15.5 Å². The van der Waals surface area contributed by atoms with E-state index in [1.807, 2.05) is 25.9 Å². The van der Waals surface area contributed by atoms with Gasteiger partial charge in [-0.3, -0.25) is 14.3 Å². The van der Waals surface area contributed by atoms with Crippen LogP contribution in [0.3, 0.4) is 0 Å². The average Bonchev–Trinajstić information content (AvgIpc) is 2.65. The molecule has 106 valence electrons. The monoisotopic (exact) mass is 267 g/mol. The first-order valence-electron chi connectivity index (χ1n) is 6.10. The first kappa shape index (κ1) is 15.2. The molecule has 1 aromatic heterocycles. The zero-order valence-corrected chi connectivity index (χ0v) is 11.9. The van der Waals surface area contributed by atoms with Crippen LogP contribution in [0.15, 0.2) is 6.07 Å². The number of rotatable bonds is 6. The fourth-order valence-corrected chi connectivity index (χ4v) is 1.56. The Morgan fingerprint density at radius 2 is 2.05 bits per heavy atom. The van der Waals surface area contributed by atoms with Crippen LogP contribution in [0.2, 0.25) is 0 Å². The minimum Gasteiger partial charge on any atom is -0.353 e. The molecule has 0 aliphatic carbocycles. The van der Waals surface area contributed by atoms with Gasteiger partial charge in [-0.05, 0) is 27.1 Å². The van der Waals surface area contributed by atoms with Crippen LogP contribution in [0.5, 0.6) is 0 Å². The summed E-state index contributed by atoms with van der Waals surface area (Å²) >= 11 is 0. The molecule has 1 rings (SSSR count). The zero-order valence-electron chi connectivity index (χ0n) is 11.9. The molecule has 19 heavy (non-hydrogen) atoms. The summed E-state index contributed by atoms with van der Waals surface area (Å²) in [5.41, 5.74) is 1.21. The highest BCUT2D eigenvalue weighted by Gasteiger charge is 2.12. The predicted octanol–water partition coefficient (Wildman–Crippen LogP) is -0.864. The van der Waals surface area contributed by atoms with Gasteiger partial charge >= 0.3 is 0 Å². The highest BCUT2D eigenvalue weighted by molar-refractivity contribution is 5.95. The Balaban J connectivity index is 2.34. The van der Waals surface area contributed by atoms with Crippen LogP contribution >= 0.6 is 0 Å². The van der Waals surface area contributed by atoms with Gasteiger partial charge in [-0.15, -0.1) is 0 Å². The number of nitrogens with zero attached hydrogens (tertiary/aromatic N) is 3. The number of nitrogens with one attached hydrogen (secondary N) is 2. The van der Waals surface area contributed by atoms with E-state index in [1.165, 1.54) is 4.68 Å². The third-order valence-corrected chi connectivity index (χ3v) is 2.53. The van der Waals surface area contributed by atoms with Crippen molar-refractivity contribution in [1.82, 2.24) is 25.3 Å². The van der Waals surface area contributed by atoms with Crippen LogP contribution in [0.1, 0.15) is 16.2 Å². The summed E-state index contributed by atoms with van der Waals surface area (Å²) in [6.45, 7) is 3.11. The molecule has 0 saturated carbocycles. The van der Waals surface area contributed by atoms with E-state index in [4.69, 9.17) is 0 Å². The third-order valence-electron chi connectivity index (χ3n) is 2.53. The zero-order chi connectivity index (χ0) is 14.4. The fraction of sp³-hybridized carbons (Fsp3) is 0.583. The molecule has 7 heteroatoms. The topological polar surface area (TPSA) is 79.3 Å². The van der Waals surface area contributed by atoms with E-state index in [2.05, 4.69) is 15.7 Å². The van der Waals surface area contributed by atoms with E-state index in [9.17, 15) is 9.59 Å². The molecule has 0 saturated heterocycles. The summed E-state index contributed by atoms with van der Waals surface area (Å²) in [5, 5.41) is 9.37. The predicted molar refractivity (Wildman–Crippen MR) is 71.8 cm³/mol. The fourth-order valence-electron chi connectivity index (χ4n) is 1.56. The van der Waals surface area contributed by atoms with Gasteiger partial charge in [-0.2, -0.15) is 5.10 Å². The summed E-state index contributed by atoms with van der Waals surface area (Å²) in [6, 6.07) is 1.68. The van der Waals surface area contributed by atoms with Crippen molar-refractivity contribution in [2.45, 2.75) is 6.92 Å². The molecule has 0 radical (unpaired) electrons. The van der Waals surface area contributed by atoms with E-state index in [1.54, 1.807) is 13.1 Å². The maximum absolute atomic E-state index is 11.8. The molecule has 0 unspecified atom stereocenters. The van der Waals surface area contributed by atoms with Gasteiger partial charge in [0.1, 0.15) is 5.69 Å². The normalized spacial score (nSPS) is 10.6. The quantitative estimate of drug-likeness (QED) is 0.703. The van der Waals surface area contributed by atoms with Crippen molar-refractivity contribution in [2.24, 2.45) is 7.05 Å². The van der Waals surface area contributed by atoms with Gasteiger partial charge in [-0.1, -0.05) is 0 Å². The Kier molecular flexibility index (Phi) is 5.50. The molecule has 7 nitrogen and oxygen atoms in total. The third kappa shape index (κ3) is 5.09. The number of aromatic nitrogens is 2. The summed E-state index contributed by atoms with van der Waals surface area (Å²) in [7, 11) is 5.55. The highest BCUT2D eigenvalue weighted by Crippen LogP contribution is 2.00. The van der Waals surface area contributed by atoms with Crippen molar-refractivity contribution >= 4 is 11.8 Å². The van der Waals surface area contributed by atoms with E-state index >= 15 is 0 Å². The molecular weight excluding hydrogens is 246 g/mol. The molecule has 0 spiro atoms. The summed E-state index contributed by atoms with van der Waals surface area (Å²) in [5.74, 6) is -0.500. The minimum atomic E-state index is -0.300. The number of amides is 2. The van der Waals surface area contributed by atoms with Crippen molar-refractivity contribution < 1.29 is 9.59 Å². The van der Waals surface area contributed by atoms with Crippen molar-refractivity contribution in [3.05, 3.63) is 17.5 Å². The average molecular weight is 267 g/mol. The van der Waals surface area contributed by atoms with Gasteiger partial charge in [0.05, 0.1) is 12.2 Å². The van der Waals surface area contributed by atoms with Gasteiger partial charge in [0.15, 0.2) is 0 Å². The number of hydrogen-bond donors (Lipinski definition) is 2. The van der Waals surface area contributed by atoms with Gasteiger partial charge in [0.25, 0.3) is 5.91 Å². The lowest BCUT2D eigenvalue weighted by molar-refractivity contribution is -0.120. The maximum Gasteiger partial charge on any atom is 0.269 e. The number of hydrogen-bond acceptors (Lipinski definition) is 4. The highest BCUT2D eigenvalue weighted by atomic mass is 16.2. The van der Waals surface area contributed by atoms with Crippen LogP contribution in [0, 0.1) is 6.92 Å². The van der Waals surface area contributed by atoms with Crippen LogP contribution in [-0.4, -0.2) is 60.2 Å². The number of aryl methyl sites for hydroxylation is 2. The summed E-state index contributed by atoms with van der Waals surface area (Å²) in [4.78, 5) is 25.3. The standard InChI is InChI=1S/C12H21N5O2/c1-9-7-10(17(4)15-9)12(19)14-8-11(18)13-5-6-16(2)3/h7H,5-6,8H2,1-4H3,(H,13,18)(H,14,19). The van der Waals surface area contributed by atoms with Crippen LogP contribution in [0.25, 0.3) is 0 Å². The molecule has 0 fully saturated rings. The number of likely N-dealkylation sites (N-methyl/N-ethyl adjacent to an activating group) is 1. The molecule has 1 aromatic rings. The van der Waals surface area contributed by atoms with Crippen molar-refractivity contribution in [2.75, 3.05) is 33.7 Å². The van der Waals surface area contributed by atoms with Crippen LogP contribution < -0.4 is 10.6 Å². The smallest absolute Gasteiger partial charge is 0.269 e. The molecular formula is C12H21N5O2. The van der Waals surface area contributed by atoms with Gasteiger partial charge in [0.2, 0.25) is 5.91 Å². The van der Waals surface area contributed by atoms with Crippen molar-refractivity contribution in [3.63, 3.8) is 0 Å². The van der Waals surface area contributed by atoms with E-state index in [0.717, 1.165) is 12.2 Å². The second-order valence-electron chi connectivity index (χ2n) is 4.63. The second kappa shape index (κ2) is 6.89.